The van der Waals surface area contributed by atoms with Gasteiger partial charge in [0.05, 0.1) is 29.2 Å². The Bertz CT molecular complexity index is 1400. The van der Waals surface area contributed by atoms with Crippen LogP contribution in [0.4, 0.5) is 17.2 Å². The number of hydrogen-bond acceptors (Lipinski definition) is 7. The van der Waals surface area contributed by atoms with Crippen molar-refractivity contribution in [3.05, 3.63) is 47.3 Å². The highest BCUT2D eigenvalue weighted by atomic mass is 32.2. The van der Waals surface area contributed by atoms with E-state index in [1.807, 2.05) is 19.2 Å². The minimum absolute atomic E-state index is 0.219. The van der Waals surface area contributed by atoms with Crippen LogP contribution >= 0.6 is 0 Å². The number of benzene rings is 1. The highest BCUT2D eigenvalue weighted by Gasteiger charge is 2.33. The number of nitrogen functional groups attached to an aromatic ring is 1. The Labute approximate surface area is 205 Å². The van der Waals surface area contributed by atoms with Gasteiger partial charge in [0.25, 0.3) is 5.91 Å². The number of nitrogens with two attached hydrogens (primary N) is 1. The fourth-order valence-electron chi connectivity index (χ4n) is 5.04. The van der Waals surface area contributed by atoms with E-state index in [0.29, 0.717) is 18.2 Å². The van der Waals surface area contributed by atoms with Crippen molar-refractivity contribution < 1.29 is 13.2 Å². The van der Waals surface area contributed by atoms with E-state index in [4.69, 9.17) is 15.8 Å². The Morgan fingerprint density at radius 2 is 1.97 bits per heavy atom. The summed E-state index contributed by atoms with van der Waals surface area (Å²) in [6, 6.07) is 6.34. The highest BCUT2D eigenvalue weighted by Crippen LogP contribution is 2.34. The lowest BCUT2D eigenvalue weighted by atomic mass is 9.97. The minimum Gasteiger partial charge on any atom is -0.399 e. The van der Waals surface area contributed by atoms with Crippen LogP contribution < -0.4 is 15.4 Å². The summed E-state index contributed by atoms with van der Waals surface area (Å²) in [5.41, 5.74) is 9.39. The monoisotopic (exact) mass is 497 g/mol. The molecule has 1 aromatic carbocycles. The van der Waals surface area contributed by atoms with Crippen LogP contribution in [0.25, 0.3) is 5.65 Å². The molecule has 0 unspecified atom stereocenters. The third-order valence-electron chi connectivity index (χ3n) is 6.66. The van der Waals surface area contributed by atoms with E-state index >= 15 is 0 Å². The predicted molar refractivity (Wildman–Crippen MR) is 136 cm³/mol. The quantitative estimate of drug-likeness (QED) is 0.519. The van der Waals surface area contributed by atoms with Gasteiger partial charge in [-0.1, -0.05) is 6.92 Å². The van der Waals surface area contributed by atoms with Crippen molar-refractivity contribution in [2.24, 2.45) is 5.92 Å². The molecule has 0 aliphatic carbocycles. The molecular weight excluding hydrogens is 466 g/mol. The molecule has 11 heteroatoms. The maximum Gasteiger partial charge on any atom is 0.256 e. The van der Waals surface area contributed by atoms with Gasteiger partial charge in [-0.05, 0) is 50.3 Å². The van der Waals surface area contributed by atoms with Gasteiger partial charge in [0, 0.05) is 43.1 Å². The molecule has 2 fully saturated rings. The molecule has 0 saturated carbocycles. The Kier molecular flexibility index (Phi) is 5.82. The number of aryl methyl sites for hydroxylation is 1. The maximum atomic E-state index is 13.7. The second kappa shape index (κ2) is 8.71. The molecule has 0 spiro atoms. The molecule has 0 bridgehead atoms. The summed E-state index contributed by atoms with van der Waals surface area (Å²) in [5.74, 6) is 1.38. The van der Waals surface area contributed by atoms with Gasteiger partial charge in [-0.3, -0.25) is 9.52 Å². The van der Waals surface area contributed by atoms with Crippen molar-refractivity contribution in [2.45, 2.75) is 39.2 Å². The number of piperidine rings is 1. The van der Waals surface area contributed by atoms with Crippen LogP contribution in [0.15, 0.2) is 30.5 Å². The molecule has 186 valence electrons. The molecule has 35 heavy (non-hydrogen) atoms. The van der Waals surface area contributed by atoms with Crippen molar-refractivity contribution in [1.82, 2.24) is 19.5 Å². The number of amides is 1. The van der Waals surface area contributed by atoms with Gasteiger partial charge in [-0.15, -0.1) is 0 Å². The lowest BCUT2D eigenvalue weighted by Crippen LogP contribution is -2.46. The lowest BCUT2D eigenvalue weighted by Gasteiger charge is -2.38. The Hall–Kier alpha value is -3.34. The second-order valence-corrected chi connectivity index (χ2v) is 11.6. The third kappa shape index (κ3) is 4.64. The smallest absolute Gasteiger partial charge is 0.256 e. The number of carbonyl (C=O) groups is 1. The lowest BCUT2D eigenvalue weighted by molar-refractivity contribution is 0.0607. The van der Waals surface area contributed by atoms with E-state index in [2.05, 4.69) is 16.5 Å². The van der Waals surface area contributed by atoms with Gasteiger partial charge in [0.2, 0.25) is 10.0 Å². The van der Waals surface area contributed by atoms with E-state index in [0.717, 1.165) is 61.3 Å². The van der Waals surface area contributed by atoms with Gasteiger partial charge >= 0.3 is 0 Å². The summed E-state index contributed by atoms with van der Waals surface area (Å²) in [6.45, 7) is 6.82. The standard InChI is InChI=1S/C24H31N7O3S/c1-15-12-29(13-15)23-16(2)14-31-22(26-23)11-20(27-31)21-6-4-5-9-30(21)24(32)18-10-17(25)7-8-19(18)28-35(3,33)34/h7-8,10-11,14-15,21,28H,4-6,9,12-13,25H2,1-3H3/t21-/m0/s1. The summed E-state index contributed by atoms with van der Waals surface area (Å²) in [6.07, 6.45) is 5.65. The first-order valence-corrected chi connectivity index (χ1v) is 13.8. The van der Waals surface area contributed by atoms with Crippen molar-refractivity contribution in [1.29, 1.82) is 0 Å². The fraction of sp³-hybridized carbons (Fsp3) is 0.458. The van der Waals surface area contributed by atoms with Crippen LogP contribution in [-0.2, 0) is 10.0 Å². The zero-order valence-corrected chi connectivity index (χ0v) is 21.0. The average Bonchev–Trinajstić information content (AvgIpc) is 3.19. The first kappa shape index (κ1) is 23.4. The summed E-state index contributed by atoms with van der Waals surface area (Å²) in [7, 11) is -3.57. The molecule has 2 aliphatic rings. The molecule has 4 heterocycles. The van der Waals surface area contributed by atoms with Crippen LogP contribution in [0.1, 0.15) is 53.8 Å². The third-order valence-corrected chi connectivity index (χ3v) is 7.25. The zero-order valence-electron chi connectivity index (χ0n) is 20.2. The molecule has 3 aromatic rings. The summed E-state index contributed by atoms with van der Waals surface area (Å²) in [5, 5.41) is 4.79. The molecule has 2 aliphatic heterocycles. The number of sulfonamides is 1. The van der Waals surface area contributed by atoms with E-state index < -0.39 is 10.0 Å². The first-order chi connectivity index (χ1) is 16.6. The molecule has 2 aromatic heterocycles. The molecule has 10 nitrogen and oxygen atoms in total. The average molecular weight is 498 g/mol. The number of anilines is 3. The number of aromatic nitrogens is 3. The minimum atomic E-state index is -3.57. The van der Waals surface area contributed by atoms with Crippen LogP contribution in [0, 0.1) is 12.8 Å². The number of likely N-dealkylation sites (tertiary alicyclic amines) is 1. The SMILES string of the molecule is Cc1cn2nc([C@@H]3CCCCN3C(=O)c3cc(N)ccc3NS(C)(=O)=O)cc2nc1N1CC(C)C1. The first-order valence-electron chi connectivity index (χ1n) is 11.9. The molecule has 1 amide bonds. The fourth-order valence-corrected chi connectivity index (χ4v) is 5.62. The Morgan fingerprint density at radius 3 is 2.69 bits per heavy atom. The largest absolute Gasteiger partial charge is 0.399 e. The van der Waals surface area contributed by atoms with Gasteiger partial charge in [0.15, 0.2) is 5.65 Å². The normalized spacial score (nSPS) is 19.1. The Morgan fingerprint density at radius 1 is 1.20 bits per heavy atom. The number of nitrogens with one attached hydrogen (secondary N) is 1. The maximum absolute atomic E-state index is 13.7. The van der Waals surface area contributed by atoms with Crippen molar-refractivity contribution in [3.63, 3.8) is 0 Å². The number of fused-ring (bicyclic) bond motifs is 1. The van der Waals surface area contributed by atoms with Gasteiger partial charge in [0.1, 0.15) is 5.82 Å². The van der Waals surface area contributed by atoms with Crippen LogP contribution in [-0.4, -0.2) is 59.7 Å². The van der Waals surface area contributed by atoms with Gasteiger partial charge < -0.3 is 15.5 Å². The second-order valence-electron chi connectivity index (χ2n) is 9.82. The summed E-state index contributed by atoms with van der Waals surface area (Å²) >= 11 is 0. The number of carbonyl (C=O) groups excluding carboxylic acids is 1. The molecular formula is C24H31N7O3S. The van der Waals surface area contributed by atoms with E-state index in [1.54, 1.807) is 15.5 Å². The van der Waals surface area contributed by atoms with Crippen LogP contribution in [0.3, 0.4) is 0 Å². The number of rotatable bonds is 5. The number of nitrogens with zero attached hydrogens (tertiary/aromatic N) is 5. The predicted octanol–water partition coefficient (Wildman–Crippen LogP) is 2.81. The topological polar surface area (TPSA) is 126 Å². The highest BCUT2D eigenvalue weighted by molar-refractivity contribution is 7.92. The number of hydrogen-bond donors (Lipinski definition) is 2. The van der Waals surface area contributed by atoms with E-state index in [-0.39, 0.29) is 23.2 Å². The summed E-state index contributed by atoms with van der Waals surface area (Å²) < 4.78 is 28.0. The molecule has 3 N–H and O–H groups in total. The Balaban J connectivity index is 1.49. The molecule has 5 rings (SSSR count). The van der Waals surface area contributed by atoms with Crippen LogP contribution in [0.2, 0.25) is 0 Å². The molecule has 1 atom stereocenters. The summed E-state index contributed by atoms with van der Waals surface area (Å²) in [4.78, 5) is 22.6. The molecule has 0 radical (unpaired) electrons. The molecule has 2 saturated heterocycles. The van der Waals surface area contributed by atoms with Gasteiger partial charge in [-0.25, -0.2) is 17.9 Å². The zero-order chi connectivity index (χ0) is 24.9. The van der Waals surface area contributed by atoms with Crippen molar-refractivity contribution in [3.8, 4) is 0 Å². The van der Waals surface area contributed by atoms with E-state index in [1.165, 1.54) is 12.1 Å². The van der Waals surface area contributed by atoms with Crippen LogP contribution in [0.5, 0.6) is 0 Å². The van der Waals surface area contributed by atoms with Crippen molar-refractivity contribution >= 4 is 38.8 Å². The van der Waals surface area contributed by atoms with E-state index in [9.17, 15) is 13.2 Å². The van der Waals surface area contributed by atoms with Gasteiger partial charge in [-0.2, -0.15) is 5.10 Å². The van der Waals surface area contributed by atoms with Crippen molar-refractivity contribution in [2.75, 3.05) is 41.2 Å².